The summed E-state index contributed by atoms with van der Waals surface area (Å²) in [4.78, 5) is 4.57. The normalized spacial score (nSPS) is 24.1. The highest BCUT2D eigenvalue weighted by Gasteiger charge is 2.53. The highest BCUT2D eigenvalue weighted by Crippen LogP contribution is 2.60. The lowest BCUT2D eigenvalue weighted by atomic mass is 9.96. The SMILES string of the molecule is Cc1cc(C)cc(NC(N)=NCC2CC23CCSCC3)c1. The van der Waals surface area contributed by atoms with Crippen LogP contribution < -0.4 is 11.1 Å². The van der Waals surface area contributed by atoms with Crippen LogP contribution in [0.3, 0.4) is 0 Å². The Bertz CT molecular complexity index is 527. The third kappa shape index (κ3) is 3.54. The summed E-state index contributed by atoms with van der Waals surface area (Å²) in [6.07, 6.45) is 4.11. The van der Waals surface area contributed by atoms with Crippen LogP contribution in [0.15, 0.2) is 23.2 Å². The van der Waals surface area contributed by atoms with E-state index in [9.17, 15) is 0 Å². The van der Waals surface area contributed by atoms with Crippen molar-refractivity contribution in [2.75, 3.05) is 23.4 Å². The standard InChI is InChI=1S/C17H25N3S/c1-12-7-13(2)9-15(8-12)20-16(18)19-11-14-10-17(14)3-5-21-6-4-17/h7-9,14H,3-6,10-11H2,1-2H3,(H3,18,19,20). The number of aryl methyl sites for hydroxylation is 2. The molecule has 1 saturated heterocycles. The van der Waals surface area contributed by atoms with Crippen LogP contribution in [0.25, 0.3) is 0 Å². The number of guanidine groups is 1. The van der Waals surface area contributed by atoms with Crippen molar-refractivity contribution in [1.29, 1.82) is 0 Å². The van der Waals surface area contributed by atoms with Crippen LogP contribution in [0.4, 0.5) is 5.69 Å². The van der Waals surface area contributed by atoms with Crippen LogP contribution in [-0.2, 0) is 0 Å². The fourth-order valence-electron chi connectivity index (χ4n) is 3.52. The summed E-state index contributed by atoms with van der Waals surface area (Å²) in [5.41, 5.74) is 10.2. The summed E-state index contributed by atoms with van der Waals surface area (Å²) >= 11 is 2.10. The van der Waals surface area contributed by atoms with Gasteiger partial charge in [0.05, 0.1) is 0 Å². The number of benzene rings is 1. The van der Waals surface area contributed by atoms with Gasteiger partial charge in [-0.2, -0.15) is 11.8 Å². The van der Waals surface area contributed by atoms with E-state index >= 15 is 0 Å². The summed E-state index contributed by atoms with van der Waals surface area (Å²) in [5, 5.41) is 3.22. The molecule has 3 rings (SSSR count). The topological polar surface area (TPSA) is 50.4 Å². The second-order valence-electron chi connectivity index (χ2n) is 6.60. The van der Waals surface area contributed by atoms with E-state index in [1.54, 1.807) is 0 Å². The van der Waals surface area contributed by atoms with Gasteiger partial charge in [-0.05, 0) is 79.2 Å². The molecule has 0 aromatic heterocycles. The number of nitrogens with two attached hydrogens (primary N) is 1. The Hall–Kier alpha value is -1.16. The summed E-state index contributed by atoms with van der Waals surface area (Å²) in [5.74, 6) is 3.97. The fraction of sp³-hybridized carbons (Fsp3) is 0.588. The molecule has 2 fully saturated rings. The average molecular weight is 303 g/mol. The first-order chi connectivity index (χ1) is 10.1. The molecule has 114 valence electrons. The number of anilines is 1. The molecule has 2 aliphatic rings. The minimum Gasteiger partial charge on any atom is -0.370 e. The molecule has 0 amide bonds. The molecule has 1 aromatic carbocycles. The molecule has 1 heterocycles. The minimum absolute atomic E-state index is 0.548. The van der Waals surface area contributed by atoms with Crippen molar-refractivity contribution in [2.24, 2.45) is 22.1 Å². The average Bonchev–Trinajstić information content (AvgIpc) is 3.08. The number of aliphatic imine (C=N–C) groups is 1. The largest absolute Gasteiger partial charge is 0.370 e. The van der Waals surface area contributed by atoms with Gasteiger partial charge in [0.2, 0.25) is 0 Å². The van der Waals surface area contributed by atoms with Crippen LogP contribution >= 0.6 is 11.8 Å². The van der Waals surface area contributed by atoms with Crippen LogP contribution in [0.2, 0.25) is 0 Å². The van der Waals surface area contributed by atoms with Crippen molar-refractivity contribution < 1.29 is 0 Å². The van der Waals surface area contributed by atoms with E-state index in [-0.39, 0.29) is 0 Å². The lowest BCUT2D eigenvalue weighted by Gasteiger charge is -2.21. The second kappa shape index (κ2) is 5.91. The fourth-order valence-corrected chi connectivity index (χ4v) is 4.83. The molecule has 4 heteroatoms. The number of thioether (sulfide) groups is 1. The molecule has 3 N–H and O–H groups in total. The van der Waals surface area contributed by atoms with E-state index in [1.807, 2.05) is 0 Å². The third-order valence-electron chi connectivity index (χ3n) is 4.82. The van der Waals surface area contributed by atoms with Gasteiger partial charge in [0.1, 0.15) is 0 Å². The van der Waals surface area contributed by atoms with Crippen molar-refractivity contribution in [2.45, 2.75) is 33.1 Å². The number of nitrogens with one attached hydrogen (secondary N) is 1. The van der Waals surface area contributed by atoms with Gasteiger partial charge in [-0.15, -0.1) is 0 Å². The van der Waals surface area contributed by atoms with Crippen LogP contribution in [-0.4, -0.2) is 24.0 Å². The van der Waals surface area contributed by atoms with E-state index < -0.39 is 0 Å². The van der Waals surface area contributed by atoms with Gasteiger partial charge in [-0.25, -0.2) is 0 Å². The highest BCUT2D eigenvalue weighted by molar-refractivity contribution is 7.99. The zero-order chi connectivity index (χ0) is 14.9. The number of hydrogen-bond donors (Lipinski definition) is 2. The lowest BCUT2D eigenvalue weighted by molar-refractivity contribution is 0.422. The summed E-state index contributed by atoms with van der Waals surface area (Å²) in [6.45, 7) is 5.08. The zero-order valence-corrected chi connectivity index (χ0v) is 13.8. The quantitative estimate of drug-likeness (QED) is 0.663. The second-order valence-corrected chi connectivity index (χ2v) is 7.83. The molecule has 3 nitrogen and oxygen atoms in total. The van der Waals surface area contributed by atoms with Gasteiger partial charge in [0.15, 0.2) is 5.96 Å². The van der Waals surface area contributed by atoms with E-state index in [2.05, 4.69) is 54.1 Å². The van der Waals surface area contributed by atoms with Crippen molar-refractivity contribution in [1.82, 2.24) is 0 Å². The minimum atomic E-state index is 0.548. The van der Waals surface area contributed by atoms with Crippen LogP contribution in [0.5, 0.6) is 0 Å². The molecule has 1 unspecified atom stereocenters. The Morgan fingerprint density at radius 1 is 1.29 bits per heavy atom. The van der Waals surface area contributed by atoms with E-state index in [0.717, 1.165) is 18.2 Å². The molecular weight excluding hydrogens is 278 g/mol. The third-order valence-corrected chi connectivity index (χ3v) is 5.81. The predicted octanol–water partition coefficient (Wildman–Crippen LogP) is 3.56. The lowest BCUT2D eigenvalue weighted by Crippen LogP contribution is -2.23. The van der Waals surface area contributed by atoms with Gasteiger partial charge in [0, 0.05) is 12.2 Å². The molecular formula is C17H25N3S. The first-order valence-corrected chi connectivity index (χ1v) is 8.96. The summed E-state index contributed by atoms with van der Waals surface area (Å²) < 4.78 is 0. The Labute approximate surface area is 131 Å². The first kappa shape index (κ1) is 14.8. The molecule has 0 radical (unpaired) electrons. The van der Waals surface area contributed by atoms with Gasteiger partial charge in [-0.3, -0.25) is 4.99 Å². The zero-order valence-electron chi connectivity index (χ0n) is 13.0. The van der Waals surface area contributed by atoms with Gasteiger partial charge in [0.25, 0.3) is 0 Å². The Balaban J connectivity index is 1.55. The Morgan fingerprint density at radius 2 is 1.95 bits per heavy atom. The number of nitrogens with zero attached hydrogens (tertiary/aromatic N) is 1. The van der Waals surface area contributed by atoms with Gasteiger partial charge < -0.3 is 11.1 Å². The first-order valence-electron chi connectivity index (χ1n) is 7.80. The van der Waals surface area contributed by atoms with Crippen molar-refractivity contribution in [3.05, 3.63) is 29.3 Å². The van der Waals surface area contributed by atoms with E-state index in [0.29, 0.717) is 11.4 Å². The Kier molecular flexibility index (Phi) is 4.16. The smallest absolute Gasteiger partial charge is 0.193 e. The maximum absolute atomic E-state index is 6.03. The van der Waals surface area contributed by atoms with Crippen LogP contribution in [0.1, 0.15) is 30.4 Å². The highest BCUT2D eigenvalue weighted by atomic mass is 32.2. The molecule has 1 aromatic rings. The van der Waals surface area contributed by atoms with Crippen LogP contribution in [0, 0.1) is 25.2 Å². The molecule has 1 aliphatic heterocycles. The maximum atomic E-state index is 6.03. The van der Waals surface area contributed by atoms with Crippen molar-refractivity contribution in [3.8, 4) is 0 Å². The summed E-state index contributed by atoms with van der Waals surface area (Å²) in [7, 11) is 0. The number of rotatable bonds is 3. The predicted molar refractivity (Wildman–Crippen MR) is 93.1 cm³/mol. The Morgan fingerprint density at radius 3 is 2.62 bits per heavy atom. The number of hydrogen-bond acceptors (Lipinski definition) is 2. The van der Waals surface area contributed by atoms with Crippen molar-refractivity contribution >= 4 is 23.4 Å². The summed E-state index contributed by atoms with van der Waals surface area (Å²) in [6, 6.07) is 6.37. The maximum Gasteiger partial charge on any atom is 0.193 e. The molecule has 1 saturated carbocycles. The molecule has 1 atom stereocenters. The molecule has 1 spiro atoms. The molecule has 1 aliphatic carbocycles. The van der Waals surface area contributed by atoms with Gasteiger partial charge in [-0.1, -0.05) is 6.07 Å². The van der Waals surface area contributed by atoms with E-state index in [1.165, 1.54) is 41.9 Å². The monoisotopic (exact) mass is 303 g/mol. The van der Waals surface area contributed by atoms with E-state index in [4.69, 9.17) is 5.73 Å². The molecule has 21 heavy (non-hydrogen) atoms. The molecule has 0 bridgehead atoms. The van der Waals surface area contributed by atoms with Crippen molar-refractivity contribution in [3.63, 3.8) is 0 Å². The van der Waals surface area contributed by atoms with Gasteiger partial charge >= 0.3 is 0 Å².